The number of aromatic nitrogens is 2. The highest BCUT2D eigenvalue weighted by molar-refractivity contribution is 7.18. The Labute approximate surface area is 104 Å². The lowest BCUT2D eigenvalue weighted by molar-refractivity contribution is 0.729. The predicted molar refractivity (Wildman–Crippen MR) is 72.6 cm³/mol. The third-order valence-electron chi connectivity index (χ3n) is 3.34. The maximum atomic E-state index is 5.80. The van der Waals surface area contributed by atoms with Crippen molar-refractivity contribution in [3.63, 3.8) is 0 Å². The van der Waals surface area contributed by atoms with E-state index in [-0.39, 0.29) is 0 Å². The molecule has 0 amide bonds. The largest absolute Gasteiger partial charge is 0.368 e. The molecule has 0 radical (unpaired) electrons. The molecule has 1 fully saturated rings. The summed E-state index contributed by atoms with van der Waals surface area (Å²) in [6.45, 7) is 5.41. The molecule has 17 heavy (non-hydrogen) atoms. The molecule has 3 rings (SSSR count). The van der Waals surface area contributed by atoms with Crippen molar-refractivity contribution in [1.29, 1.82) is 0 Å². The van der Waals surface area contributed by atoms with E-state index in [9.17, 15) is 0 Å². The van der Waals surface area contributed by atoms with E-state index < -0.39 is 0 Å². The minimum Gasteiger partial charge on any atom is -0.368 e. The maximum Gasteiger partial charge on any atom is 0.223 e. The van der Waals surface area contributed by atoms with Crippen LogP contribution in [-0.2, 0) is 0 Å². The highest BCUT2D eigenvalue weighted by Crippen LogP contribution is 2.34. The summed E-state index contributed by atoms with van der Waals surface area (Å²) in [7, 11) is 0. The van der Waals surface area contributed by atoms with Crippen LogP contribution in [0.1, 0.15) is 24.6 Å². The molecule has 1 unspecified atom stereocenters. The average Bonchev–Trinajstić information content (AvgIpc) is 2.82. The second-order valence-electron chi connectivity index (χ2n) is 4.67. The van der Waals surface area contributed by atoms with E-state index in [1.165, 1.54) is 17.7 Å². The predicted octanol–water partition coefficient (Wildman–Crippen LogP) is 2.57. The first-order valence-corrected chi connectivity index (χ1v) is 6.77. The molecule has 0 aliphatic carbocycles. The molecule has 0 saturated carbocycles. The Bertz CT molecular complexity index is 563. The molecule has 1 saturated heterocycles. The van der Waals surface area contributed by atoms with Crippen LogP contribution in [0.2, 0.25) is 0 Å². The summed E-state index contributed by atoms with van der Waals surface area (Å²) in [5, 5.41) is 1.15. The smallest absolute Gasteiger partial charge is 0.223 e. The molecule has 2 aromatic rings. The quantitative estimate of drug-likeness (QED) is 0.842. The summed E-state index contributed by atoms with van der Waals surface area (Å²) in [4.78, 5) is 13.4. The first-order chi connectivity index (χ1) is 8.15. The highest BCUT2D eigenvalue weighted by Gasteiger charge is 2.24. The third kappa shape index (κ3) is 1.74. The number of hydrogen-bond donors (Lipinski definition) is 1. The fraction of sp³-hybridized carbons (Fsp3) is 0.500. The Morgan fingerprint density at radius 2 is 2.29 bits per heavy atom. The van der Waals surface area contributed by atoms with E-state index in [4.69, 9.17) is 5.73 Å². The Morgan fingerprint density at radius 3 is 3.00 bits per heavy atom. The van der Waals surface area contributed by atoms with Crippen molar-refractivity contribution < 1.29 is 0 Å². The van der Waals surface area contributed by atoms with Gasteiger partial charge in [-0.1, -0.05) is 0 Å². The van der Waals surface area contributed by atoms with Crippen LogP contribution < -0.4 is 10.6 Å². The fourth-order valence-corrected chi connectivity index (χ4v) is 3.39. The number of nitrogen functional groups attached to an aromatic ring is 1. The maximum absolute atomic E-state index is 5.80. The lowest BCUT2D eigenvalue weighted by Crippen LogP contribution is -2.27. The van der Waals surface area contributed by atoms with Gasteiger partial charge in [-0.2, -0.15) is 4.98 Å². The van der Waals surface area contributed by atoms with Crippen LogP contribution in [0.5, 0.6) is 0 Å². The Kier molecular flexibility index (Phi) is 2.43. The van der Waals surface area contributed by atoms with Crippen LogP contribution in [0.3, 0.4) is 0 Å². The van der Waals surface area contributed by atoms with E-state index in [0.29, 0.717) is 12.0 Å². The lowest BCUT2D eigenvalue weighted by atomic mass is 10.2. The number of aryl methyl sites for hydroxylation is 1. The number of rotatable bonds is 1. The van der Waals surface area contributed by atoms with Crippen LogP contribution in [0.15, 0.2) is 6.07 Å². The zero-order valence-electron chi connectivity index (χ0n) is 10.1. The minimum absolute atomic E-state index is 0.383. The summed E-state index contributed by atoms with van der Waals surface area (Å²) in [5.41, 5.74) is 5.80. The van der Waals surface area contributed by atoms with Gasteiger partial charge in [-0.3, -0.25) is 0 Å². The van der Waals surface area contributed by atoms with Crippen molar-refractivity contribution in [2.24, 2.45) is 0 Å². The van der Waals surface area contributed by atoms with Crippen molar-refractivity contribution in [3.05, 3.63) is 10.9 Å². The average molecular weight is 248 g/mol. The van der Waals surface area contributed by atoms with Gasteiger partial charge in [0.1, 0.15) is 10.6 Å². The minimum atomic E-state index is 0.383. The molecule has 0 spiro atoms. The van der Waals surface area contributed by atoms with Gasteiger partial charge in [0.05, 0.1) is 5.39 Å². The molecule has 1 aliphatic heterocycles. The van der Waals surface area contributed by atoms with E-state index in [1.54, 1.807) is 11.3 Å². The highest BCUT2D eigenvalue weighted by atomic mass is 32.1. The Balaban J connectivity index is 2.20. The van der Waals surface area contributed by atoms with E-state index in [2.05, 4.69) is 34.8 Å². The van der Waals surface area contributed by atoms with Gasteiger partial charge < -0.3 is 10.6 Å². The Hall–Kier alpha value is -1.36. The van der Waals surface area contributed by atoms with Crippen molar-refractivity contribution in [2.75, 3.05) is 17.2 Å². The fourth-order valence-electron chi connectivity index (χ4n) is 2.51. The monoisotopic (exact) mass is 248 g/mol. The van der Waals surface area contributed by atoms with E-state index >= 15 is 0 Å². The summed E-state index contributed by atoms with van der Waals surface area (Å²) in [6, 6.07) is 2.72. The second kappa shape index (κ2) is 3.84. The molecular formula is C12H16N4S. The molecule has 0 aromatic carbocycles. The third-order valence-corrected chi connectivity index (χ3v) is 4.28. The topological polar surface area (TPSA) is 55.0 Å². The number of fused-ring (bicyclic) bond motifs is 1. The first kappa shape index (κ1) is 10.8. The van der Waals surface area contributed by atoms with Crippen LogP contribution in [0, 0.1) is 6.92 Å². The van der Waals surface area contributed by atoms with Gasteiger partial charge in [0.15, 0.2) is 0 Å². The van der Waals surface area contributed by atoms with Crippen LogP contribution in [0.25, 0.3) is 10.2 Å². The van der Waals surface area contributed by atoms with Gasteiger partial charge in [0.2, 0.25) is 5.95 Å². The van der Waals surface area contributed by atoms with Crippen molar-refractivity contribution in [3.8, 4) is 0 Å². The van der Waals surface area contributed by atoms with Gasteiger partial charge in [0.25, 0.3) is 0 Å². The first-order valence-electron chi connectivity index (χ1n) is 5.95. The summed E-state index contributed by atoms with van der Waals surface area (Å²) < 4.78 is 0. The summed E-state index contributed by atoms with van der Waals surface area (Å²) >= 11 is 1.68. The molecule has 90 valence electrons. The summed E-state index contributed by atoms with van der Waals surface area (Å²) in [6.07, 6.45) is 2.46. The molecule has 5 heteroatoms. The molecule has 2 aromatic heterocycles. The SMILES string of the molecule is Cc1cc2c(N3CCCC3C)nc(N)nc2s1. The van der Waals surface area contributed by atoms with Crippen molar-refractivity contribution >= 4 is 33.3 Å². The van der Waals surface area contributed by atoms with Gasteiger partial charge in [-0.25, -0.2) is 4.98 Å². The molecule has 0 bridgehead atoms. The van der Waals surface area contributed by atoms with E-state index in [0.717, 1.165) is 22.6 Å². The van der Waals surface area contributed by atoms with Gasteiger partial charge in [-0.15, -0.1) is 11.3 Å². The standard InChI is InChI=1S/C12H16N4S/c1-7-4-3-5-16(7)10-9-6-8(2)17-11(9)15-12(13)14-10/h6-7H,3-5H2,1-2H3,(H2,13,14,15). The number of anilines is 2. The lowest BCUT2D eigenvalue weighted by Gasteiger charge is -2.23. The molecule has 1 atom stereocenters. The van der Waals surface area contributed by atoms with Gasteiger partial charge >= 0.3 is 0 Å². The normalized spacial score (nSPS) is 20.4. The molecule has 3 heterocycles. The molecule has 4 nitrogen and oxygen atoms in total. The zero-order chi connectivity index (χ0) is 12.0. The molecule has 2 N–H and O–H groups in total. The summed E-state index contributed by atoms with van der Waals surface area (Å²) in [5.74, 6) is 1.40. The van der Waals surface area contributed by atoms with Crippen molar-refractivity contribution in [1.82, 2.24) is 9.97 Å². The molecular weight excluding hydrogens is 232 g/mol. The number of nitrogens with two attached hydrogens (primary N) is 1. The van der Waals surface area contributed by atoms with Crippen LogP contribution in [-0.4, -0.2) is 22.6 Å². The second-order valence-corrected chi connectivity index (χ2v) is 5.90. The molecule has 1 aliphatic rings. The van der Waals surface area contributed by atoms with Crippen molar-refractivity contribution in [2.45, 2.75) is 32.7 Å². The van der Waals surface area contributed by atoms with Crippen LogP contribution >= 0.6 is 11.3 Å². The van der Waals surface area contributed by atoms with Gasteiger partial charge in [-0.05, 0) is 32.8 Å². The number of thiophene rings is 1. The van der Waals surface area contributed by atoms with Gasteiger partial charge in [0, 0.05) is 17.5 Å². The van der Waals surface area contributed by atoms with E-state index in [1.807, 2.05) is 0 Å². The number of hydrogen-bond acceptors (Lipinski definition) is 5. The van der Waals surface area contributed by atoms with Crippen LogP contribution in [0.4, 0.5) is 11.8 Å². The number of nitrogens with zero attached hydrogens (tertiary/aromatic N) is 3. The zero-order valence-corrected chi connectivity index (χ0v) is 10.9. The Morgan fingerprint density at radius 1 is 1.47 bits per heavy atom.